The number of halogens is 2. The molecule has 0 radical (unpaired) electrons. The quantitative estimate of drug-likeness (QED) is 0.874. The summed E-state index contributed by atoms with van der Waals surface area (Å²) in [7, 11) is 0. The van der Waals surface area contributed by atoms with Crippen LogP contribution in [0.3, 0.4) is 0 Å². The fourth-order valence-corrected chi connectivity index (χ4v) is 1.49. The highest BCUT2D eigenvalue weighted by molar-refractivity contribution is 5.92. The van der Waals surface area contributed by atoms with Gasteiger partial charge in [-0.2, -0.15) is 0 Å². The minimum atomic E-state index is -0.147. The number of carbonyl (C=O) groups is 1. The van der Waals surface area contributed by atoms with E-state index < -0.39 is 0 Å². The molecule has 1 atom stereocenters. The van der Waals surface area contributed by atoms with Crippen molar-refractivity contribution in [2.45, 2.75) is 18.9 Å². The molecule has 1 unspecified atom stereocenters. The molecule has 1 aromatic heterocycles. The molecule has 4 nitrogen and oxygen atoms in total. The summed E-state index contributed by atoms with van der Waals surface area (Å²) in [4.78, 5) is 15.5. The molecule has 1 heterocycles. The van der Waals surface area contributed by atoms with Crippen molar-refractivity contribution in [1.29, 1.82) is 0 Å². The third-order valence-corrected chi connectivity index (χ3v) is 2.62. The second kappa shape index (κ2) is 7.48. The predicted octanol–water partition coefficient (Wildman–Crippen LogP) is 1.39. The SMILES string of the molecule is Cl.Cl.NC(CNC(=O)c1ccccn1)C1CC1. The molecule has 0 aliphatic heterocycles. The van der Waals surface area contributed by atoms with E-state index in [1.54, 1.807) is 24.4 Å². The van der Waals surface area contributed by atoms with Crippen LogP contribution in [-0.4, -0.2) is 23.5 Å². The van der Waals surface area contributed by atoms with Crippen molar-refractivity contribution in [1.82, 2.24) is 10.3 Å². The molecule has 0 saturated heterocycles. The Hall–Kier alpha value is -0.840. The van der Waals surface area contributed by atoms with Gasteiger partial charge in [0, 0.05) is 18.8 Å². The first-order chi connectivity index (χ1) is 7.27. The molecule has 1 aliphatic carbocycles. The molecule has 1 amide bonds. The van der Waals surface area contributed by atoms with Crippen molar-refractivity contribution in [2.75, 3.05) is 6.54 Å². The molecule has 17 heavy (non-hydrogen) atoms. The van der Waals surface area contributed by atoms with Crippen LogP contribution >= 0.6 is 24.8 Å². The number of nitrogens with zero attached hydrogens (tertiary/aromatic N) is 1. The van der Waals surface area contributed by atoms with Crippen LogP contribution in [-0.2, 0) is 0 Å². The van der Waals surface area contributed by atoms with E-state index in [1.165, 1.54) is 12.8 Å². The monoisotopic (exact) mass is 277 g/mol. The van der Waals surface area contributed by atoms with Crippen LogP contribution in [0.25, 0.3) is 0 Å². The standard InChI is InChI=1S/C11H15N3O.2ClH/c12-9(8-4-5-8)7-14-11(15)10-3-1-2-6-13-10;;/h1-3,6,8-9H,4-5,7,12H2,(H,14,15);2*1H. The highest BCUT2D eigenvalue weighted by Gasteiger charge is 2.28. The Morgan fingerprint density at radius 3 is 2.71 bits per heavy atom. The number of carbonyl (C=O) groups excluding carboxylic acids is 1. The lowest BCUT2D eigenvalue weighted by atomic mass is 10.2. The molecule has 1 fully saturated rings. The lowest BCUT2D eigenvalue weighted by molar-refractivity contribution is 0.0945. The average Bonchev–Trinajstić information content (AvgIpc) is 3.10. The maximum atomic E-state index is 11.6. The Kier molecular flexibility index (Phi) is 7.11. The van der Waals surface area contributed by atoms with Gasteiger partial charge in [-0.05, 0) is 30.9 Å². The zero-order valence-electron chi connectivity index (χ0n) is 9.33. The van der Waals surface area contributed by atoms with Crippen molar-refractivity contribution in [3.63, 3.8) is 0 Å². The molecule has 1 aliphatic rings. The second-order valence-electron chi connectivity index (χ2n) is 3.93. The Morgan fingerprint density at radius 1 is 1.47 bits per heavy atom. The largest absolute Gasteiger partial charge is 0.349 e. The van der Waals surface area contributed by atoms with Gasteiger partial charge in [-0.3, -0.25) is 9.78 Å². The van der Waals surface area contributed by atoms with Crippen LogP contribution in [0.15, 0.2) is 24.4 Å². The fraction of sp³-hybridized carbons (Fsp3) is 0.455. The zero-order chi connectivity index (χ0) is 10.7. The van der Waals surface area contributed by atoms with Crippen molar-refractivity contribution >= 4 is 30.7 Å². The number of hydrogen-bond acceptors (Lipinski definition) is 3. The number of nitrogens with two attached hydrogens (primary N) is 1. The van der Waals surface area contributed by atoms with Crippen LogP contribution in [0.4, 0.5) is 0 Å². The van der Waals surface area contributed by atoms with E-state index in [9.17, 15) is 4.79 Å². The van der Waals surface area contributed by atoms with Gasteiger partial charge in [0.15, 0.2) is 0 Å². The molecule has 1 saturated carbocycles. The molecule has 6 heteroatoms. The van der Waals surface area contributed by atoms with E-state index in [-0.39, 0.29) is 36.8 Å². The molecule has 1 aromatic rings. The van der Waals surface area contributed by atoms with Crippen molar-refractivity contribution in [3.8, 4) is 0 Å². The van der Waals surface area contributed by atoms with Gasteiger partial charge in [0.05, 0.1) is 0 Å². The topological polar surface area (TPSA) is 68.0 Å². The Labute approximate surface area is 113 Å². The lowest BCUT2D eigenvalue weighted by Gasteiger charge is -2.10. The Morgan fingerprint density at radius 2 is 2.18 bits per heavy atom. The summed E-state index contributed by atoms with van der Waals surface area (Å²) >= 11 is 0. The molecule has 0 aromatic carbocycles. The molecular formula is C11H17Cl2N3O. The fourth-order valence-electron chi connectivity index (χ4n) is 1.49. The van der Waals surface area contributed by atoms with E-state index in [2.05, 4.69) is 10.3 Å². The van der Waals surface area contributed by atoms with Gasteiger partial charge in [0.25, 0.3) is 5.91 Å². The minimum Gasteiger partial charge on any atom is -0.349 e. The van der Waals surface area contributed by atoms with Gasteiger partial charge in [-0.25, -0.2) is 0 Å². The summed E-state index contributed by atoms with van der Waals surface area (Å²) in [5, 5.41) is 2.79. The van der Waals surface area contributed by atoms with E-state index in [0.29, 0.717) is 18.2 Å². The normalized spacial score (nSPS) is 15.1. The van der Waals surface area contributed by atoms with E-state index in [1.807, 2.05) is 0 Å². The Balaban J connectivity index is 0.00000128. The first kappa shape index (κ1) is 16.2. The molecule has 3 N–H and O–H groups in total. The first-order valence-electron chi connectivity index (χ1n) is 5.22. The number of rotatable bonds is 4. The van der Waals surface area contributed by atoms with Gasteiger partial charge in [-0.1, -0.05) is 6.07 Å². The zero-order valence-corrected chi connectivity index (χ0v) is 11.0. The highest BCUT2D eigenvalue weighted by Crippen LogP contribution is 2.31. The summed E-state index contributed by atoms with van der Waals surface area (Å²) in [6.45, 7) is 0.542. The summed E-state index contributed by atoms with van der Waals surface area (Å²) in [6, 6.07) is 5.37. The summed E-state index contributed by atoms with van der Waals surface area (Å²) < 4.78 is 0. The van der Waals surface area contributed by atoms with Gasteiger partial charge in [0.1, 0.15) is 5.69 Å². The molecule has 0 bridgehead atoms. The van der Waals surface area contributed by atoms with E-state index >= 15 is 0 Å². The van der Waals surface area contributed by atoms with E-state index in [0.717, 1.165) is 0 Å². The van der Waals surface area contributed by atoms with Crippen molar-refractivity contribution < 1.29 is 4.79 Å². The second-order valence-corrected chi connectivity index (χ2v) is 3.93. The van der Waals surface area contributed by atoms with Crippen LogP contribution < -0.4 is 11.1 Å². The highest BCUT2D eigenvalue weighted by atomic mass is 35.5. The number of amides is 1. The van der Waals surface area contributed by atoms with Gasteiger partial charge < -0.3 is 11.1 Å². The average molecular weight is 278 g/mol. The number of pyridine rings is 1. The summed E-state index contributed by atoms with van der Waals surface area (Å²) in [5.74, 6) is 0.459. The molecule has 2 rings (SSSR count). The van der Waals surface area contributed by atoms with Crippen LogP contribution in [0.1, 0.15) is 23.3 Å². The summed E-state index contributed by atoms with van der Waals surface area (Å²) in [6.07, 6.45) is 4.00. The lowest BCUT2D eigenvalue weighted by Crippen LogP contribution is -2.38. The maximum Gasteiger partial charge on any atom is 0.269 e. The number of hydrogen-bond donors (Lipinski definition) is 2. The van der Waals surface area contributed by atoms with Crippen LogP contribution in [0, 0.1) is 5.92 Å². The predicted molar refractivity (Wildman–Crippen MR) is 71.8 cm³/mol. The summed E-state index contributed by atoms with van der Waals surface area (Å²) in [5.41, 5.74) is 6.32. The third-order valence-electron chi connectivity index (χ3n) is 2.62. The number of nitrogens with one attached hydrogen (secondary N) is 1. The van der Waals surface area contributed by atoms with Gasteiger partial charge in [0.2, 0.25) is 0 Å². The van der Waals surface area contributed by atoms with E-state index in [4.69, 9.17) is 5.73 Å². The van der Waals surface area contributed by atoms with Gasteiger partial charge in [-0.15, -0.1) is 24.8 Å². The van der Waals surface area contributed by atoms with Crippen molar-refractivity contribution in [3.05, 3.63) is 30.1 Å². The molecule has 0 spiro atoms. The molecular weight excluding hydrogens is 261 g/mol. The van der Waals surface area contributed by atoms with Gasteiger partial charge >= 0.3 is 0 Å². The first-order valence-corrected chi connectivity index (χ1v) is 5.22. The Bertz CT molecular complexity index is 344. The van der Waals surface area contributed by atoms with Crippen LogP contribution in [0.2, 0.25) is 0 Å². The van der Waals surface area contributed by atoms with Crippen LogP contribution in [0.5, 0.6) is 0 Å². The molecule has 96 valence electrons. The smallest absolute Gasteiger partial charge is 0.269 e. The maximum absolute atomic E-state index is 11.6. The number of aromatic nitrogens is 1. The van der Waals surface area contributed by atoms with Crippen molar-refractivity contribution in [2.24, 2.45) is 11.7 Å². The third kappa shape index (κ3) is 4.89. The minimum absolute atomic E-state index is 0.